The third kappa shape index (κ3) is 3.24. The van der Waals surface area contributed by atoms with Gasteiger partial charge < -0.3 is 10.3 Å². The molecule has 6 heteroatoms. The van der Waals surface area contributed by atoms with Crippen molar-refractivity contribution in [2.24, 2.45) is 0 Å². The Morgan fingerprint density at radius 2 is 1.94 bits per heavy atom. The van der Waals surface area contributed by atoms with Crippen molar-refractivity contribution in [2.75, 3.05) is 11.9 Å². The fraction of sp³-hybridized carbons (Fsp3) is 0.167. The number of halogens is 2. The van der Waals surface area contributed by atoms with E-state index in [2.05, 4.69) is 15.3 Å². The van der Waals surface area contributed by atoms with Gasteiger partial charge in [0.1, 0.15) is 5.02 Å². The van der Waals surface area contributed by atoms with Crippen LogP contribution in [0.4, 0.5) is 5.82 Å². The summed E-state index contributed by atoms with van der Waals surface area (Å²) in [4.78, 5) is 17.6. The van der Waals surface area contributed by atoms with Crippen LogP contribution in [0.25, 0.3) is 0 Å². The van der Waals surface area contributed by atoms with Crippen LogP contribution in [0, 0.1) is 0 Å². The molecule has 2 aromatic rings. The molecular weight excluding hydrogens is 273 g/mol. The number of benzene rings is 1. The van der Waals surface area contributed by atoms with Gasteiger partial charge in [0.25, 0.3) is 5.56 Å². The molecule has 1 aromatic heterocycles. The first-order chi connectivity index (χ1) is 8.66. The summed E-state index contributed by atoms with van der Waals surface area (Å²) in [5.74, 6) is 0.398. The highest BCUT2D eigenvalue weighted by molar-refractivity contribution is 6.32. The van der Waals surface area contributed by atoms with E-state index in [1.807, 2.05) is 24.3 Å². The molecule has 0 bridgehead atoms. The second kappa shape index (κ2) is 5.89. The molecule has 0 spiro atoms. The largest absolute Gasteiger partial charge is 0.368 e. The first-order valence-corrected chi connectivity index (χ1v) is 6.14. The van der Waals surface area contributed by atoms with Crippen LogP contribution in [-0.2, 0) is 6.42 Å². The van der Waals surface area contributed by atoms with Crippen molar-refractivity contribution in [3.63, 3.8) is 0 Å². The Hall–Kier alpha value is -1.52. The zero-order chi connectivity index (χ0) is 13.0. The van der Waals surface area contributed by atoms with Crippen molar-refractivity contribution >= 4 is 29.0 Å². The van der Waals surface area contributed by atoms with Crippen LogP contribution in [0.3, 0.4) is 0 Å². The molecule has 0 fully saturated rings. The van der Waals surface area contributed by atoms with E-state index in [1.54, 1.807) is 0 Å². The molecule has 0 aliphatic heterocycles. The van der Waals surface area contributed by atoms with E-state index in [4.69, 9.17) is 23.2 Å². The maximum Gasteiger partial charge on any atom is 0.271 e. The Morgan fingerprint density at radius 3 is 2.67 bits per heavy atom. The Labute approximate surface area is 114 Å². The number of hydrogen-bond acceptors (Lipinski definition) is 3. The number of rotatable bonds is 4. The summed E-state index contributed by atoms with van der Waals surface area (Å²) < 4.78 is 0. The topological polar surface area (TPSA) is 57.8 Å². The van der Waals surface area contributed by atoms with E-state index in [0.717, 1.165) is 12.0 Å². The molecule has 1 heterocycles. The molecule has 94 valence electrons. The molecule has 1 aromatic carbocycles. The van der Waals surface area contributed by atoms with E-state index < -0.39 is 0 Å². The minimum absolute atomic E-state index is 0.0774. The molecule has 18 heavy (non-hydrogen) atoms. The quantitative estimate of drug-likeness (QED) is 0.907. The summed E-state index contributed by atoms with van der Waals surface area (Å²) in [6, 6.07) is 7.60. The van der Waals surface area contributed by atoms with Gasteiger partial charge in [0.2, 0.25) is 0 Å². The van der Waals surface area contributed by atoms with Crippen LogP contribution in [-0.4, -0.2) is 16.5 Å². The lowest BCUT2D eigenvalue weighted by Crippen LogP contribution is -2.13. The van der Waals surface area contributed by atoms with Crippen LogP contribution in [0.2, 0.25) is 10.0 Å². The minimum atomic E-state index is -0.347. The van der Waals surface area contributed by atoms with E-state index in [9.17, 15) is 4.79 Å². The molecule has 0 amide bonds. The lowest BCUT2D eigenvalue weighted by atomic mass is 10.1. The summed E-state index contributed by atoms with van der Waals surface area (Å²) in [5, 5.41) is 3.81. The second-order valence-corrected chi connectivity index (χ2v) is 4.51. The summed E-state index contributed by atoms with van der Waals surface area (Å²) in [7, 11) is 0. The molecule has 0 aliphatic rings. The van der Waals surface area contributed by atoms with Gasteiger partial charge >= 0.3 is 0 Å². The van der Waals surface area contributed by atoms with Crippen molar-refractivity contribution < 1.29 is 0 Å². The van der Waals surface area contributed by atoms with Gasteiger partial charge in [0.05, 0.1) is 6.33 Å². The van der Waals surface area contributed by atoms with Gasteiger partial charge in [-0.05, 0) is 24.1 Å². The van der Waals surface area contributed by atoms with Crippen molar-refractivity contribution in [1.82, 2.24) is 9.97 Å². The molecule has 0 unspecified atom stereocenters. The maximum absolute atomic E-state index is 11.2. The van der Waals surface area contributed by atoms with Crippen LogP contribution in [0.1, 0.15) is 5.56 Å². The first kappa shape index (κ1) is 12.9. The molecule has 0 atom stereocenters. The molecule has 0 radical (unpaired) electrons. The van der Waals surface area contributed by atoms with Crippen LogP contribution in [0.15, 0.2) is 35.4 Å². The molecule has 0 aliphatic carbocycles. The lowest BCUT2D eigenvalue weighted by molar-refractivity contribution is 0.994. The highest BCUT2D eigenvalue weighted by atomic mass is 35.5. The van der Waals surface area contributed by atoms with Crippen molar-refractivity contribution in [2.45, 2.75) is 6.42 Å². The summed E-state index contributed by atoms with van der Waals surface area (Å²) in [6.07, 6.45) is 2.11. The number of nitrogens with one attached hydrogen (secondary N) is 2. The Bertz CT molecular complexity index is 581. The van der Waals surface area contributed by atoms with E-state index in [0.29, 0.717) is 17.4 Å². The number of H-pyrrole nitrogens is 1. The normalized spacial score (nSPS) is 10.3. The van der Waals surface area contributed by atoms with Gasteiger partial charge in [-0.2, -0.15) is 0 Å². The minimum Gasteiger partial charge on any atom is -0.368 e. The fourth-order valence-electron chi connectivity index (χ4n) is 1.48. The summed E-state index contributed by atoms with van der Waals surface area (Å²) >= 11 is 11.6. The van der Waals surface area contributed by atoms with Crippen molar-refractivity contribution in [1.29, 1.82) is 0 Å². The van der Waals surface area contributed by atoms with Gasteiger partial charge in [-0.3, -0.25) is 4.79 Å². The number of nitrogens with zero attached hydrogens (tertiary/aromatic N) is 1. The van der Waals surface area contributed by atoms with Crippen molar-refractivity contribution in [3.8, 4) is 0 Å². The predicted molar refractivity (Wildman–Crippen MR) is 73.5 cm³/mol. The summed E-state index contributed by atoms with van der Waals surface area (Å²) in [5.41, 5.74) is 0.800. The van der Waals surface area contributed by atoms with Crippen LogP contribution < -0.4 is 10.9 Å². The predicted octanol–water partition coefficient (Wildman–Crippen LogP) is 2.73. The smallest absolute Gasteiger partial charge is 0.271 e. The molecule has 0 saturated heterocycles. The molecule has 0 saturated carbocycles. The number of anilines is 1. The van der Waals surface area contributed by atoms with Crippen molar-refractivity contribution in [3.05, 3.63) is 56.6 Å². The Kier molecular flexibility index (Phi) is 4.23. The zero-order valence-corrected chi connectivity index (χ0v) is 10.9. The molecule has 2 rings (SSSR count). The third-order valence-corrected chi connectivity index (χ3v) is 3.02. The number of aromatic amines is 1. The Balaban J connectivity index is 1.94. The first-order valence-electron chi connectivity index (χ1n) is 5.38. The molecule has 4 nitrogen and oxygen atoms in total. The van der Waals surface area contributed by atoms with Gasteiger partial charge in [0, 0.05) is 11.6 Å². The van der Waals surface area contributed by atoms with Gasteiger partial charge in [-0.25, -0.2) is 4.98 Å². The number of aromatic nitrogens is 2. The standard InChI is InChI=1S/C12H11Cl2N3O/c13-9-3-1-8(2-4-9)5-6-15-11-10(14)12(18)17-7-16-11/h1-4,7H,5-6H2,(H2,15,16,17,18). The molecule has 2 N–H and O–H groups in total. The summed E-state index contributed by atoms with van der Waals surface area (Å²) in [6.45, 7) is 0.637. The lowest BCUT2D eigenvalue weighted by Gasteiger charge is -2.06. The van der Waals surface area contributed by atoms with Crippen LogP contribution >= 0.6 is 23.2 Å². The van der Waals surface area contributed by atoms with E-state index in [1.165, 1.54) is 6.33 Å². The van der Waals surface area contributed by atoms with Gasteiger partial charge in [-0.15, -0.1) is 0 Å². The van der Waals surface area contributed by atoms with Gasteiger partial charge in [-0.1, -0.05) is 35.3 Å². The van der Waals surface area contributed by atoms with E-state index in [-0.39, 0.29) is 10.6 Å². The third-order valence-electron chi connectivity index (χ3n) is 2.42. The van der Waals surface area contributed by atoms with E-state index >= 15 is 0 Å². The highest BCUT2D eigenvalue weighted by Crippen LogP contribution is 2.13. The Morgan fingerprint density at radius 1 is 1.22 bits per heavy atom. The average Bonchev–Trinajstić information content (AvgIpc) is 2.37. The fourth-order valence-corrected chi connectivity index (χ4v) is 1.78. The zero-order valence-electron chi connectivity index (χ0n) is 9.41. The highest BCUT2D eigenvalue weighted by Gasteiger charge is 2.04. The SMILES string of the molecule is O=c1[nH]cnc(NCCc2ccc(Cl)cc2)c1Cl. The molecular formula is C12H11Cl2N3O. The second-order valence-electron chi connectivity index (χ2n) is 3.70. The van der Waals surface area contributed by atoms with Gasteiger partial charge in [0.15, 0.2) is 5.82 Å². The number of hydrogen-bond donors (Lipinski definition) is 2. The average molecular weight is 284 g/mol. The van der Waals surface area contributed by atoms with Crippen LogP contribution in [0.5, 0.6) is 0 Å². The monoisotopic (exact) mass is 283 g/mol. The maximum atomic E-state index is 11.2.